The topological polar surface area (TPSA) is 52.7 Å². The Balaban J connectivity index is 1.57. The standard InChI is InChI=1S/C22H23ClFN3O2/c1-2-26-19-11-14(21(28)25-13-15-6-8-16(24)12-18(15)23)7-9-17(19)22(29)27-10-4-3-5-20(26)27/h6-9,11-12,20H,2-5,10,13H2,1H3,(H,25,28). The average Bonchev–Trinajstić information content (AvgIpc) is 2.73. The van der Waals surface area contributed by atoms with Gasteiger partial charge in [0.15, 0.2) is 0 Å². The maximum absolute atomic E-state index is 13.2. The lowest BCUT2D eigenvalue weighted by Gasteiger charge is -2.47. The van der Waals surface area contributed by atoms with E-state index in [1.165, 1.54) is 12.1 Å². The number of nitrogens with zero attached hydrogens (tertiary/aromatic N) is 2. The van der Waals surface area contributed by atoms with E-state index in [0.29, 0.717) is 16.7 Å². The summed E-state index contributed by atoms with van der Waals surface area (Å²) in [5.74, 6) is -0.636. The molecule has 2 amide bonds. The van der Waals surface area contributed by atoms with Gasteiger partial charge in [0.05, 0.1) is 11.3 Å². The molecule has 1 atom stereocenters. The molecule has 0 aromatic heterocycles. The molecule has 7 heteroatoms. The zero-order chi connectivity index (χ0) is 20.5. The number of amides is 2. The second-order valence-electron chi connectivity index (χ2n) is 7.41. The largest absolute Gasteiger partial charge is 0.351 e. The van der Waals surface area contributed by atoms with Gasteiger partial charge in [0.2, 0.25) is 0 Å². The molecule has 1 fully saturated rings. The van der Waals surface area contributed by atoms with Crippen LogP contribution in [0.25, 0.3) is 0 Å². The third kappa shape index (κ3) is 3.69. The molecule has 2 heterocycles. The highest BCUT2D eigenvalue weighted by atomic mass is 35.5. The van der Waals surface area contributed by atoms with Crippen LogP contribution in [-0.4, -0.2) is 36.0 Å². The summed E-state index contributed by atoms with van der Waals surface area (Å²) in [6.07, 6.45) is 3.13. The molecule has 2 aromatic carbocycles. The van der Waals surface area contributed by atoms with Gasteiger partial charge in [-0.15, -0.1) is 0 Å². The monoisotopic (exact) mass is 415 g/mol. The molecule has 1 N–H and O–H groups in total. The van der Waals surface area contributed by atoms with Gasteiger partial charge in [0, 0.05) is 30.2 Å². The first-order chi connectivity index (χ1) is 14.0. The minimum atomic E-state index is -0.416. The first-order valence-electron chi connectivity index (χ1n) is 9.93. The van der Waals surface area contributed by atoms with Crippen LogP contribution in [0.2, 0.25) is 5.02 Å². The fourth-order valence-electron chi connectivity index (χ4n) is 4.21. The van der Waals surface area contributed by atoms with Crippen LogP contribution in [0.15, 0.2) is 36.4 Å². The number of nitrogens with one attached hydrogen (secondary N) is 1. The minimum absolute atomic E-state index is 0.0412. The zero-order valence-electron chi connectivity index (χ0n) is 16.3. The van der Waals surface area contributed by atoms with Crippen LogP contribution in [0.5, 0.6) is 0 Å². The summed E-state index contributed by atoms with van der Waals surface area (Å²) in [5.41, 5.74) is 2.58. The summed E-state index contributed by atoms with van der Waals surface area (Å²) in [5, 5.41) is 3.10. The summed E-state index contributed by atoms with van der Waals surface area (Å²) in [7, 11) is 0. The number of carbonyl (C=O) groups is 2. The molecule has 0 saturated carbocycles. The van der Waals surface area contributed by atoms with Gasteiger partial charge in [-0.2, -0.15) is 0 Å². The van der Waals surface area contributed by atoms with Crippen LogP contribution in [0.4, 0.5) is 10.1 Å². The predicted octanol–water partition coefficient (Wildman–Crippen LogP) is 4.20. The van der Waals surface area contributed by atoms with Crippen molar-refractivity contribution >= 4 is 29.1 Å². The number of carbonyl (C=O) groups excluding carboxylic acids is 2. The molecule has 0 radical (unpaired) electrons. The van der Waals surface area contributed by atoms with Crippen LogP contribution < -0.4 is 10.2 Å². The fraction of sp³-hybridized carbons (Fsp3) is 0.364. The second kappa shape index (κ2) is 8.03. The summed E-state index contributed by atoms with van der Waals surface area (Å²) >= 11 is 6.03. The Labute approximate surface area is 174 Å². The minimum Gasteiger partial charge on any atom is -0.351 e. The van der Waals surface area contributed by atoms with Crippen molar-refractivity contribution in [1.29, 1.82) is 0 Å². The van der Waals surface area contributed by atoms with Crippen LogP contribution in [0, 0.1) is 5.82 Å². The number of piperidine rings is 1. The van der Waals surface area contributed by atoms with Crippen LogP contribution in [0.3, 0.4) is 0 Å². The number of anilines is 1. The van der Waals surface area contributed by atoms with E-state index in [-0.39, 0.29) is 29.5 Å². The average molecular weight is 416 g/mol. The lowest BCUT2D eigenvalue weighted by Crippen LogP contribution is -2.57. The van der Waals surface area contributed by atoms with Crippen LogP contribution in [0.1, 0.15) is 52.5 Å². The molecule has 1 saturated heterocycles. The number of halogens is 2. The third-order valence-corrected chi connectivity index (χ3v) is 6.04. The van der Waals surface area contributed by atoms with Crippen molar-refractivity contribution < 1.29 is 14.0 Å². The molecule has 0 bridgehead atoms. The smallest absolute Gasteiger partial charge is 0.257 e. The normalized spacial score (nSPS) is 18.3. The first kappa shape index (κ1) is 19.7. The van der Waals surface area contributed by atoms with Gasteiger partial charge in [-0.25, -0.2) is 4.39 Å². The van der Waals surface area contributed by atoms with Crippen molar-refractivity contribution in [2.45, 2.75) is 38.9 Å². The zero-order valence-corrected chi connectivity index (χ0v) is 17.0. The fourth-order valence-corrected chi connectivity index (χ4v) is 4.44. The van der Waals surface area contributed by atoms with E-state index < -0.39 is 5.82 Å². The van der Waals surface area contributed by atoms with E-state index in [2.05, 4.69) is 17.1 Å². The van der Waals surface area contributed by atoms with E-state index >= 15 is 0 Å². The molecule has 1 unspecified atom stereocenters. The Kier molecular flexibility index (Phi) is 5.46. The van der Waals surface area contributed by atoms with Gasteiger partial charge in [-0.3, -0.25) is 9.59 Å². The summed E-state index contributed by atoms with van der Waals surface area (Å²) in [4.78, 5) is 29.8. The Bertz CT molecular complexity index is 965. The highest BCUT2D eigenvalue weighted by Gasteiger charge is 2.38. The highest BCUT2D eigenvalue weighted by Crippen LogP contribution is 2.35. The molecule has 152 valence electrons. The molecule has 29 heavy (non-hydrogen) atoms. The van der Waals surface area contributed by atoms with Crippen molar-refractivity contribution in [3.05, 3.63) is 63.9 Å². The van der Waals surface area contributed by atoms with Crippen molar-refractivity contribution in [3.8, 4) is 0 Å². The Hall–Kier alpha value is -2.60. The van der Waals surface area contributed by atoms with Crippen molar-refractivity contribution in [2.24, 2.45) is 0 Å². The van der Waals surface area contributed by atoms with Gasteiger partial charge in [-0.1, -0.05) is 17.7 Å². The van der Waals surface area contributed by atoms with E-state index in [1.807, 2.05) is 4.90 Å². The maximum atomic E-state index is 13.2. The molecule has 2 aliphatic heterocycles. The van der Waals surface area contributed by atoms with Gasteiger partial charge in [0.1, 0.15) is 12.0 Å². The molecular weight excluding hydrogens is 393 g/mol. The van der Waals surface area contributed by atoms with Gasteiger partial charge >= 0.3 is 0 Å². The number of benzene rings is 2. The van der Waals surface area contributed by atoms with E-state index in [0.717, 1.165) is 38.0 Å². The SMILES string of the molecule is CCN1c2cc(C(=O)NCc3ccc(F)cc3Cl)ccc2C(=O)N2CCCCC21. The summed E-state index contributed by atoms with van der Waals surface area (Å²) < 4.78 is 13.2. The quantitative estimate of drug-likeness (QED) is 0.814. The molecule has 2 aliphatic rings. The Morgan fingerprint density at radius 2 is 2.07 bits per heavy atom. The van der Waals surface area contributed by atoms with Crippen molar-refractivity contribution in [3.63, 3.8) is 0 Å². The van der Waals surface area contributed by atoms with Gasteiger partial charge < -0.3 is 15.1 Å². The summed E-state index contributed by atoms with van der Waals surface area (Å²) in [6, 6.07) is 9.31. The molecule has 5 nitrogen and oxygen atoms in total. The van der Waals surface area contributed by atoms with E-state index in [9.17, 15) is 14.0 Å². The van der Waals surface area contributed by atoms with Gasteiger partial charge in [0.25, 0.3) is 11.8 Å². The number of hydrogen-bond donors (Lipinski definition) is 1. The lowest BCUT2D eigenvalue weighted by molar-refractivity contribution is 0.0582. The first-order valence-corrected chi connectivity index (χ1v) is 10.3. The molecule has 4 rings (SSSR count). The predicted molar refractivity (Wildman–Crippen MR) is 111 cm³/mol. The summed E-state index contributed by atoms with van der Waals surface area (Å²) in [6.45, 7) is 3.80. The Morgan fingerprint density at radius 3 is 2.83 bits per heavy atom. The number of hydrogen-bond acceptors (Lipinski definition) is 3. The van der Waals surface area contributed by atoms with Crippen molar-refractivity contribution in [1.82, 2.24) is 10.2 Å². The van der Waals surface area contributed by atoms with Crippen LogP contribution in [-0.2, 0) is 6.54 Å². The molecule has 0 spiro atoms. The van der Waals surface area contributed by atoms with Crippen molar-refractivity contribution in [2.75, 3.05) is 18.0 Å². The van der Waals surface area contributed by atoms with Gasteiger partial charge in [-0.05, 0) is 62.1 Å². The maximum Gasteiger partial charge on any atom is 0.257 e. The number of fused-ring (bicyclic) bond motifs is 2. The van der Waals surface area contributed by atoms with Crippen LogP contribution >= 0.6 is 11.6 Å². The molecular formula is C22H23ClFN3O2. The lowest BCUT2D eigenvalue weighted by atomic mass is 9.97. The second-order valence-corrected chi connectivity index (χ2v) is 7.82. The number of rotatable bonds is 4. The highest BCUT2D eigenvalue weighted by molar-refractivity contribution is 6.31. The molecule has 0 aliphatic carbocycles. The van der Waals surface area contributed by atoms with E-state index in [1.54, 1.807) is 24.3 Å². The third-order valence-electron chi connectivity index (χ3n) is 5.69. The Morgan fingerprint density at radius 1 is 1.24 bits per heavy atom. The molecule has 2 aromatic rings. The van der Waals surface area contributed by atoms with E-state index in [4.69, 9.17) is 11.6 Å².